The van der Waals surface area contributed by atoms with Gasteiger partial charge in [-0.1, -0.05) is 54.6 Å². The molecule has 2 aromatic carbocycles. The summed E-state index contributed by atoms with van der Waals surface area (Å²) in [7, 11) is 0. The van der Waals surface area contributed by atoms with Crippen molar-refractivity contribution in [1.82, 2.24) is 9.88 Å². The maximum atomic E-state index is 12.9. The molecular formula is C21H20N2O. The maximum absolute atomic E-state index is 12.9. The van der Waals surface area contributed by atoms with Crippen molar-refractivity contribution in [2.75, 3.05) is 6.54 Å². The molecule has 24 heavy (non-hydrogen) atoms. The minimum absolute atomic E-state index is 0.0513. The summed E-state index contributed by atoms with van der Waals surface area (Å²) in [4.78, 5) is 19.1. The van der Waals surface area contributed by atoms with Crippen LogP contribution >= 0.6 is 0 Å². The number of carbonyl (C=O) groups is 1. The zero-order valence-electron chi connectivity index (χ0n) is 13.5. The van der Waals surface area contributed by atoms with Gasteiger partial charge in [0.1, 0.15) is 0 Å². The molecule has 1 amide bonds. The Morgan fingerprint density at radius 2 is 1.50 bits per heavy atom. The molecule has 0 N–H and O–H groups in total. The van der Waals surface area contributed by atoms with Crippen LogP contribution in [0.15, 0.2) is 85.1 Å². The Kier molecular flexibility index (Phi) is 5.36. The van der Waals surface area contributed by atoms with E-state index in [1.54, 1.807) is 6.20 Å². The fraction of sp³-hybridized carbons (Fsp3) is 0.143. The third kappa shape index (κ3) is 4.29. The van der Waals surface area contributed by atoms with Gasteiger partial charge in [-0.15, -0.1) is 0 Å². The van der Waals surface area contributed by atoms with Gasteiger partial charge in [0.15, 0.2) is 0 Å². The van der Waals surface area contributed by atoms with Crippen molar-refractivity contribution in [1.29, 1.82) is 0 Å². The van der Waals surface area contributed by atoms with Gasteiger partial charge in [0.05, 0.1) is 0 Å². The van der Waals surface area contributed by atoms with Crippen LogP contribution in [0.25, 0.3) is 0 Å². The average molecular weight is 316 g/mol. The van der Waals surface area contributed by atoms with Crippen LogP contribution in [0.3, 0.4) is 0 Å². The Balaban J connectivity index is 1.76. The molecule has 3 rings (SSSR count). The quantitative estimate of drug-likeness (QED) is 0.689. The normalized spacial score (nSPS) is 10.3. The second-order valence-electron chi connectivity index (χ2n) is 5.65. The molecule has 0 bridgehead atoms. The third-order valence-electron chi connectivity index (χ3n) is 3.89. The molecule has 0 unspecified atom stereocenters. The number of amides is 1. The standard InChI is InChI=1S/C21H20N2O/c24-21(19-11-5-2-6-12-19)23(17-18-9-3-1-4-10-18)16-14-20-13-7-8-15-22-20/h1-13,15H,14,16-17H2. The lowest BCUT2D eigenvalue weighted by Crippen LogP contribution is -2.32. The number of hydrogen-bond donors (Lipinski definition) is 0. The van der Waals surface area contributed by atoms with E-state index in [9.17, 15) is 4.79 Å². The number of hydrogen-bond acceptors (Lipinski definition) is 2. The first-order chi connectivity index (χ1) is 11.8. The lowest BCUT2D eigenvalue weighted by Gasteiger charge is -2.23. The van der Waals surface area contributed by atoms with E-state index < -0.39 is 0 Å². The zero-order valence-corrected chi connectivity index (χ0v) is 13.5. The van der Waals surface area contributed by atoms with Gasteiger partial charge in [-0.05, 0) is 29.8 Å². The van der Waals surface area contributed by atoms with Gasteiger partial charge in [-0.2, -0.15) is 0 Å². The molecule has 1 heterocycles. The number of carbonyl (C=O) groups excluding carboxylic acids is 1. The minimum Gasteiger partial charge on any atom is -0.334 e. The van der Waals surface area contributed by atoms with Crippen LogP contribution in [0.4, 0.5) is 0 Å². The molecule has 0 aliphatic heterocycles. The highest BCUT2D eigenvalue weighted by Crippen LogP contribution is 2.11. The van der Waals surface area contributed by atoms with E-state index in [0.29, 0.717) is 13.1 Å². The van der Waals surface area contributed by atoms with Gasteiger partial charge in [-0.25, -0.2) is 0 Å². The Bertz CT molecular complexity index is 758. The SMILES string of the molecule is O=C(c1ccccc1)N(CCc1ccccn1)Cc1ccccc1. The summed E-state index contributed by atoms with van der Waals surface area (Å²) >= 11 is 0. The summed E-state index contributed by atoms with van der Waals surface area (Å²) in [5.74, 6) is 0.0513. The van der Waals surface area contributed by atoms with Gasteiger partial charge in [0.2, 0.25) is 0 Å². The Hall–Kier alpha value is -2.94. The number of rotatable bonds is 6. The highest BCUT2D eigenvalue weighted by Gasteiger charge is 2.16. The second kappa shape index (κ2) is 8.06. The summed E-state index contributed by atoms with van der Waals surface area (Å²) in [6.07, 6.45) is 2.53. The van der Waals surface area contributed by atoms with Crippen LogP contribution < -0.4 is 0 Å². The van der Waals surface area contributed by atoms with Gasteiger partial charge < -0.3 is 4.90 Å². The topological polar surface area (TPSA) is 33.2 Å². The fourth-order valence-corrected chi connectivity index (χ4v) is 2.62. The molecular weight excluding hydrogens is 296 g/mol. The van der Waals surface area contributed by atoms with E-state index in [2.05, 4.69) is 4.98 Å². The van der Waals surface area contributed by atoms with Crippen LogP contribution in [0, 0.1) is 0 Å². The second-order valence-corrected chi connectivity index (χ2v) is 5.65. The summed E-state index contributed by atoms with van der Waals surface area (Å²) in [6.45, 7) is 1.24. The predicted molar refractivity (Wildman–Crippen MR) is 95.6 cm³/mol. The van der Waals surface area contributed by atoms with Crippen molar-refractivity contribution in [3.8, 4) is 0 Å². The highest BCUT2D eigenvalue weighted by molar-refractivity contribution is 5.94. The lowest BCUT2D eigenvalue weighted by atomic mass is 10.1. The van der Waals surface area contributed by atoms with E-state index >= 15 is 0 Å². The number of benzene rings is 2. The number of nitrogens with zero attached hydrogens (tertiary/aromatic N) is 2. The minimum atomic E-state index is 0.0513. The van der Waals surface area contributed by atoms with Crippen molar-refractivity contribution in [3.05, 3.63) is 102 Å². The summed E-state index contributed by atoms with van der Waals surface area (Å²) in [5, 5.41) is 0. The molecule has 0 aliphatic carbocycles. The Morgan fingerprint density at radius 3 is 2.17 bits per heavy atom. The van der Waals surface area contributed by atoms with Crippen LogP contribution in [0.1, 0.15) is 21.6 Å². The average Bonchev–Trinajstić information content (AvgIpc) is 2.67. The number of aromatic nitrogens is 1. The Labute approximate surface area is 142 Å². The van der Waals surface area contributed by atoms with E-state index in [1.807, 2.05) is 83.8 Å². The van der Waals surface area contributed by atoms with Crippen LogP contribution in [0.5, 0.6) is 0 Å². The number of pyridine rings is 1. The van der Waals surface area contributed by atoms with E-state index in [0.717, 1.165) is 23.2 Å². The first kappa shape index (κ1) is 15.9. The molecule has 3 heteroatoms. The van der Waals surface area contributed by atoms with Crippen molar-refractivity contribution >= 4 is 5.91 Å². The third-order valence-corrected chi connectivity index (χ3v) is 3.89. The summed E-state index contributed by atoms with van der Waals surface area (Å²) < 4.78 is 0. The first-order valence-corrected chi connectivity index (χ1v) is 8.11. The lowest BCUT2D eigenvalue weighted by molar-refractivity contribution is 0.0744. The van der Waals surface area contributed by atoms with Crippen molar-refractivity contribution < 1.29 is 4.79 Å². The van der Waals surface area contributed by atoms with E-state index in [-0.39, 0.29) is 5.91 Å². The first-order valence-electron chi connectivity index (χ1n) is 8.11. The Morgan fingerprint density at radius 1 is 0.833 bits per heavy atom. The molecule has 0 spiro atoms. The largest absolute Gasteiger partial charge is 0.334 e. The molecule has 0 saturated carbocycles. The molecule has 3 nitrogen and oxygen atoms in total. The molecule has 0 saturated heterocycles. The monoisotopic (exact) mass is 316 g/mol. The van der Waals surface area contributed by atoms with Crippen LogP contribution in [0.2, 0.25) is 0 Å². The molecule has 0 fully saturated rings. The fourth-order valence-electron chi connectivity index (χ4n) is 2.62. The predicted octanol–water partition coefficient (Wildman–Crippen LogP) is 3.97. The van der Waals surface area contributed by atoms with E-state index in [4.69, 9.17) is 0 Å². The summed E-state index contributed by atoms with van der Waals surface area (Å²) in [5.41, 5.74) is 2.84. The summed E-state index contributed by atoms with van der Waals surface area (Å²) in [6, 6.07) is 25.4. The maximum Gasteiger partial charge on any atom is 0.254 e. The highest BCUT2D eigenvalue weighted by atomic mass is 16.2. The van der Waals surface area contributed by atoms with Gasteiger partial charge in [0, 0.05) is 37.0 Å². The smallest absolute Gasteiger partial charge is 0.254 e. The van der Waals surface area contributed by atoms with Crippen molar-refractivity contribution in [2.24, 2.45) is 0 Å². The van der Waals surface area contributed by atoms with Crippen LogP contribution in [-0.4, -0.2) is 22.3 Å². The van der Waals surface area contributed by atoms with Gasteiger partial charge >= 0.3 is 0 Å². The molecule has 120 valence electrons. The van der Waals surface area contributed by atoms with Crippen molar-refractivity contribution in [3.63, 3.8) is 0 Å². The molecule has 3 aromatic rings. The van der Waals surface area contributed by atoms with E-state index in [1.165, 1.54) is 0 Å². The zero-order chi connectivity index (χ0) is 16.6. The molecule has 0 aliphatic rings. The molecule has 0 atom stereocenters. The molecule has 1 aromatic heterocycles. The van der Waals surface area contributed by atoms with Gasteiger partial charge in [-0.3, -0.25) is 9.78 Å². The molecule has 0 radical (unpaired) electrons. The van der Waals surface area contributed by atoms with Crippen LogP contribution in [-0.2, 0) is 13.0 Å². The van der Waals surface area contributed by atoms with Gasteiger partial charge in [0.25, 0.3) is 5.91 Å². The van der Waals surface area contributed by atoms with Crippen molar-refractivity contribution in [2.45, 2.75) is 13.0 Å².